The molecule has 0 atom stereocenters. The third kappa shape index (κ3) is 4.96. The second-order valence-electron chi connectivity index (χ2n) is 4.16. The normalized spacial score (nSPS) is 16.4. The third-order valence-corrected chi connectivity index (χ3v) is 2.64. The third-order valence-electron chi connectivity index (χ3n) is 2.64. The fraction of sp³-hybridized carbons (Fsp3) is 0.667. The lowest BCUT2D eigenvalue weighted by molar-refractivity contribution is -0.131. The molecule has 0 aliphatic carbocycles. The predicted molar refractivity (Wildman–Crippen MR) is 65.6 cm³/mol. The Morgan fingerprint density at radius 2 is 2.06 bits per heavy atom. The Labute approximate surface area is 97.2 Å². The van der Waals surface area contributed by atoms with Crippen molar-refractivity contribution in [3.05, 3.63) is 12.3 Å². The number of likely N-dealkylation sites (tertiary alicyclic amines) is 1. The Hall–Kier alpha value is -1.32. The van der Waals surface area contributed by atoms with Gasteiger partial charge in [0.1, 0.15) is 0 Å². The molecule has 0 aromatic rings. The van der Waals surface area contributed by atoms with E-state index in [4.69, 9.17) is 5.41 Å². The zero-order chi connectivity index (χ0) is 11.8. The molecule has 1 heterocycles. The summed E-state index contributed by atoms with van der Waals surface area (Å²) < 4.78 is 0. The van der Waals surface area contributed by atoms with Gasteiger partial charge in [-0.1, -0.05) is 0 Å². The van der Waals surface area contributed by atoms with Crippen molar-refractivity contribution in [2.75, 3.05) is 19.6 Å². The first-order valence-corrected chi connectivity index (χ1v) is 5.93. The summed E-state index contributed by atoms with van der Waals surface area (Å²) in [5, 5.41) is 10.2. The molecule has 0 radical (unpaired) electrons. The van der Waals surface area contributed by atoms with Crippen LogP contribution in [-0.4, -0.2) is 36.2 Å². The molecule has 1 amide bonds. The van der Waals surface area contributed by atoms with E-state index in [0.717, 1.165) is 25.9 Å². The van der Waals surface area contributed by atoms with Crippen LogP contribution < -0.4 is 5.32 Å². The molecule has 1 aliphatic rings. The van der Waals surface area contributed by atoms with Crippen molar-refractivity contribution >= 4 is 11.6 Å². The molecule has 0 spiro atoms. The SMILES string of the molecule is CC(=N)/C=C\NCCC(=O)N1CCCCC1. The van der Waals surface area contributed by atoms with Crippen LogP contribution >= 0.6 is 0 Å². The van der Waals surface area contributed by atoms with Crippen molar-refractivity contribution in [2.24, 2.45) is 0 Å². The van der Waals surface area contributed by atoms with Gasteiger partial charge in [0.15, 0.2) is 0 Å². The molecule has 4 heteroatoms. The van der Waals surface area contributed by atoms with E-state index in [2.05, 4.69) is 5.32 Å². The van der Waals surface area contributed by atoms with E-state index < -0.39 is 0 Å². The molecule has 1 aliphatic heterocycles. The van der Waals surface area contributed by atoms with E-state index in [1.165, 1.54) is 6.42 Å². The summed E-state index contributed by atoms with van der Waals surface area (Å²) in [5.74, 6) is 0.243. The quantitative estimate of drug-likeness (QED) is 0.548. The van der Waals surface area contributed by atoms with E-state index >= 15 is 0 Å². The second kappa shape index (κ2) is 7.04. The average molecular weight is 223 g/mol. The number of carbonyl (C=O) groups excluding carboxylic acids is 1. The van der Waals surface area contributed by atoms with Crippen LogP contribution in [0.2, 0.25) is 0 Å². The van der Waals surface area contributed by atoms with Gasteiger partial charge in [0, 0.05) is 31.8 Å². The highest BCUT2D eigenvalue weighted by Crippen LogP contribution is 2.09. The standard InChI is InChI=1S/C12H21N3O/c1-11(13)5-7-14-8-6-12(16)15-9-3-2-4-10-15/h5,7,13-14H,2-4,6,8-10H2,1H3/b7-5-,13-11?. The summed E-state index contributed by atoms with van der Waals surface area (Å²) in [7, 11) is 0. The van der Waals surface area contributed by atoms with Crippen LogP contribution in [0.4, 0.5) is 0 Å². The van der Waals surface area contributed by atoms with Crippen molar-refractivity contribution in [3.63, 3.8) is 0 Å². The highest BCUT2D eigenvalue weighted by Gasteiger charge is 2.15. The zero-order valence-corrected chi connectivity index (χ0v) is 9.96. The monoisotopic (exact) mass is 223 g/mol. The molecule has 0 bridgehead atoms. The Morgan fingerprint density at radius 1 is 1.38 bits per heavy atom. The number of amides is 1. The summed E-state index contributed by atoms with van der Waals surface area (Å²) in [5.41, 5.74) is 0.509. The van der Waals surface area contributed by atoms with Gasteiger partial charge in [-0.05, 0) is 38.5 Å². The molecule has 1 saturated heterocycles. The summed E-state index contributed by atoms with van der Waals surface area (Å²) in [6.07, 6.45) is 7.50. The first-order chi connectivity index (χ1) is 7.70. The van der Waals surface area contributed by atoms with Crippen LogP contribution in [0.5, 0.6) is 0 Å². The zero-order valence-electron chi connectivity index (χ0n) is 9.96. The lowest BCUT2D eigenvalue weighted by Crippen LogP contribution is -2.36. The van der Waals surface area contributed by atoms with Crippen molar-refractivity contribution in [3.8, 4) is 0 Å². The van der Waals surface area contributed by atoms with Gasteiger partial charge >= 0.3 is 0 Å². The van der Waals surface area contributed by atoms with Crippen LogP contribution in [0, 0.1) is 5.41 Å². The van der Waals surface area contributed by atoms with Gasteiger partial charge in [-0.25, -0.2) is 0 Å². The van der Waals surface area contributed by atoms with E-state index in [0.29, 0.717) is 18.7 Å². The minimum atomic E-state index is 0.243. The largest absolute Gasteiger partial charge is 0.390 e. The second-order valence-corrected chi connectivity index (χ2v) is 4.16. The fourth-order valence-electron chi connectivity index (χ4n) is 1.75. The minimum Gasteiger partial charge on any atom is -0.390 e. The van der Waals surface area contributed by atoms with Crippen LogP contribution in [0.25, 0.3) is 0 Å². The molecule has 0 aromatic carbocycles. The predicted octanol–water partition coefficient (Wildman–Crippen LogP) is 1.53. The van der Waals surface area contributed by atoms with Crippen molar-refractivity contribution in [1.29, 1.82) is 5.41 Å². The molecule has 2 N–H and O–H groups in total. The number of nitrogens with zero attached hydrogens (tertiary/aromatic N) is 1. The minimum absolute atomic E-state index is 0.243. The molecule has 4 nitrogen and oxygen atoms in total. The smallest absolute Gasteiger partial charge is 0.224 e. The first kappa shape index (κ1) is 12.7. The molecular weight excluding hydrogens is 202 g/mol. The van der Waals surface area contributed by atoms with Gasteiger partial charge in [0.05, 0.1) is 0 Å². The molecule has 90 valence electrons. The Kier molecular flexibility index (Phi) is 5.61. The van der Waals surface area contributed by atoms with Crippen LogP contribution in [0.3, 0.4) is 0 Å². The van der Waals surface area contributed by atoms with E-state index in [9.17, 15) is 4.79 Å². The van der Waals surface area contributed by atoms with E-state index in [-0.39, 0.29) is 5.91 Å². The first-order valence-electron chi connectivity index (χ1n) is 5.93. The van der Waals surface area contributed by atoms with Crippen molar-refractivity contribution in [2.45, 2.75) is 32.6 Å². The molecule has 16 heavy (non-hydrogen) atoms. The highest BCUT2D eigenvalue weighted by atomic mass is 16.2. The van der Waals surface area contributed by atoms with Crippen LogP contribution in [0.15, 0.2) is 12.3 Å². The lowest BCUT2D eigenvalue weighted by Gasteiger charge is -2.26. The van der Waals surface area contributed by atoms with Crippen molar-refractivity contribution < 1.29 is 4.79 Å². The summed E-state index contributed by atoms with van der Waals surface area (Å²) in [6.45, 7) is 4.22. The maximum absolute atomic E-state index is 11.7. The maximum Gasteiger partial charge on any atom is 0.224 e. The van der Waals surface area contributed by atoms with Gasteiger partial charge in [-0.2, -0.15) is 0 Å². The number of hydrogen-bond donors (Lipinski definition) is 2. The Bertz CT molecular complexity index is 267. The number of allylic oxidation sites excluding steroid dienone is 1. The average Bonchev–Trinajstić information content (AvgIpc) is 2.29. The molecule has 0 aromatic heterocycles. The lowest BCUT2D eigenvalue weighted by atomic mass is 10.1. The maximum atomic E-state index is 11.7. The fourth-order valence-corrected chi connectivity index (χ4v) is 1.75. The molecule has 0 unspecified atom stereocenters. The van der Waals surface area contributed by atoms with Gasteiger partial charge in [-0.15, -0.1) is 0 Å². The molecule has 1 fully saturated rings. The van der Waals surface area contributed by atoms with Crippen LogP contribution in [0.1, 0.15) is 32.6 Å². The summed E-state index contributed by atoms with van der Waals surface area (Å²) in [4.78, 5) is 13.7. The number of piperidine rings is 1. The molecular formula is C12H21N3O. The number of nitrogens with one attached hydrogen (secondary N) is 2. The van der Waals surface area contributed by atoms with Crippen LogP contribution in [-0.2, 0) is 4.79 Å². The number of rotatable bonds is 5. The summed E-state index contributed by atoms with van der Waals surface area (Å²) >= 11 is 0. The van der Waals surface area contributed by atoms with Gasteiger partial charge in [-0.3, -0.25) is 4.79 Å². The van der Waals surface area contributed by atoms with E-state index in [1.807, 2.05) is 4.90 Å². The van der Waals surface area contributed by atoms with Gasteiger partial charge < -0.3 is 15.6 Å². The molecule has 1 rings (SSSR count). The number of carbonyl (C=O) groups is 1. The van der Waals surface area contributed by atoms with E-state index in [1.54, 1.807) is 19.2 Å². The van der Waals surface area contributed by atoms with Gasteiger partial charge in [0.2, 0.25) is 5.91 Å². The Morgan fingerprint density at radius 3 is 2.69 bits per heavy atom. The molecule has 0 saturated carbocycles. The highest BCUT2D eigenvalue weighted by molar-refractivity contribution is 5.89. The number of hydrogen-bond acceptors (Lipinski definition) is 3. The van der Waals surface area contributed by atoms with Gasteiger partial charge in [0.25, 0.3) is 0 Å². The summed E-state index contributed by atoms with van der Waals surface area (Å²) in [6, 6.07) is 0. The topological polar surface area (TPSA) is 56.2 Å². The van der Waals surface area contributed by atoms with Crippen molar-refractivity contribution in [1.82, 2.24) is 10.2 Å². The Balaban J connectivity index is 2.12.